The molecular formula is C24H40O5. The Labute approximate surface area is 176 Å². The van der Waals surface area contributed by atoms with Crippen LogP contribution in [0.5, 0.6) is 0 Å². The van der Waals surface area contributed by atoms with E-state index in [1.165, 1.54) is 108 Å². The van der Waals surface area contributed by atoms with Gasteiger partial charge in [0.2, 0.25) is 0 Å². The molecule has 0 saturated heterocycles. The van der Waals surface area contributed by atoms with Crippen LogP contribution < -0.4 is 0 Å². The van der Waals surface area contributed by atoms with Gasteiger partial charge in [-0.3, -0.25) is 0 Å². The van der Waals surface area contributed by atoms with Crippen molar-refractivity contribution in [3.8, 4) is 0 Å². The third kappa shape index (κ3) is 15.7. The number of aliphatic hydroxyl groups excluding tert-OH is 1. The Hall–Kier alpha value is -1.88. The highest BCUT2D eigenvalue weighted by molar-refractivity contribution is 6.01. The first kappa shape index (κ1) is 27.1. The van der Waals surface area contributed by atoms with Crippen molar-refractivity contribution >= 4 is 11.9 Å². The molecule has 0 aliphatic heterocycles. The Morgan fingerprint density at radius 1 is 0.621 bits per heavy atom. The van der Waals surface area contributed by atoms with Gasteiger partial charge in [0.1, 0.15) is 0 Å². The highest BCUT2D eigenvalue weighted by atomic mass is 16.4. The van der Waals surface area contributed by atoms with Crippen LogP contribution in [-0.2, 0) is 0 Å². The molecule has 0 aliphatic rings. The van der Waals surface area contributed by atoms with E-state index < -0.39 is 11.9 Å². The molecule has 29 heavy (non-hydrogen) atoms. The zero-order valence-corrected chi connectivity index (χ0v) is 18.1. The number of aliphatic hydroxyl groups is 1. The zero-order valence-electron chi connectivity index (χ0n) is 18.1. The summed E-state index contributed by atoms with van der Waals surface area (Å²) in [7, 11) is 0. The quantitative estimate of drug-likeness (QED) is 0.270. The molecule has 3 N–H and O–H groups in total. The molecule has 1 rings (SSSR count). The van der Waals surface area contributed by atoms with Crippen LogP contribution >= 0.6 is 0 Å². The average Bonchev–Trinajstić information content (AvgIpc) is 2.72. The monoisotopic (exact) mass is 408 g/mol. The number of rotatable bonds is 16. The normalized spacial score (nSPS) is 10.3. The molecule has 5 heteroatoms. The lowest BCUT2D eigenvalue weighted by atomic mass is 10.0. The lowest BCUT2D eigenvalue weighted by molar-refractivity contribution is 0.0651. The molecule has 0 amide bonds. The Morgan fingerprint density at radius 2 is 0.931 bits per heavy atom. The summed E-state index contributed by atoms with van der Waals surface area (Å²) < 4.78 is 0. The van der Waals surface area contributed by atoms with Crippen molar-refractivity contribution in [1.82, 2.24) is 0 Å². The molecule has 0 unspecified atom stereocenters. The maximum atomic E-state index is 10.5. The molecule has 0 fully saturated rings. The van der Waals surface area contributed by atoms with Crippen molar-refractivity contribution < 1.29 is 24.9 Å². The molecule has 0 atom stereocenters. The maximum Gasteiger partial charge on any atom is 0.336 e. The van der Waals surface area contributed by atoms with Gasteiger partial charge in [-0.15, -0.1) is 0 Å². The third-order valence-corrected chi connectivity index (χ3v) is 4.90. The average molecular weight is 409 g/mol. The van der Waals surface area contributed by atoms with Crippen LogP contribution in [0.4, 0.5) is 0 Å². The van der Waals surface area contributed by atoms with Gasteiger partial charge >= 0.3 is 11.9 Å². The lowest BCUT2D eigenvalue weighted by Crippen LogP contribution is -2.06. The molecule has 1 aromatic carbocycles. The summed E-state index contributed by atoms with van der Waals surface area (Å²) in [6.07, 6.45) is 19.2. The van der Waals surface area contributed by atoms with Crippen molar-refractivity contribution in [3.63, 3.8) is 0 Å². The number of carboxylic acid groups (broad SMARTS) is 2. The van der Waals surface area contributed by atoms with Crippen molar-refractivity contribution in [2.75, 3.05) is 6.61 Å². The molecule has 166 valence electrons. The van der Waals surface area contributed by atoms with E-state index >= 15 is 0 Å². The van der Waals surface area contributed by atoms with Crippen LogP contribution in [0.1, 0.15) is 118 Å². The van der Waals surface area contributed by atoms with Gasteiger partial charge in [-0.1, -0.05) is 103 Å². The minimum absolute atomic E-state index is 0.190. The molecule has 0 heterocycles. The highest BCUT2D eigenvalue weighted by Gasteiger charge is 2.13. The molecule has 1 aromatic rings. The number of carbonyl (C=O) groups is 2. The summed E-state index contributed by atoms with van der Waals surface area (Å²) in [5, 5.41) is 25.7. The Kier molecular flexibility index (Phi) is 18.2. The van der Waals surface area contributed by atoms with E-state index in [0.29, 0.717) is 6.61 Å². The van der Waals surface area contributed by atoms with E-state index in [0.717, 1.165) is 6.42 Å². The number of aromatic carboxylic acids is 2. The second-order valence-electron chi connectivity index (χ2n) is 7.48. The van der Waals surface area contributed by atoms with E-state index in [2.05, 4.69) is 6.92 Å². The fourth-order valence-electron chi connectivity index (χ4n) is 3.16. The predicted octanol–water partition coefficient (Wildman–Crippen LogP) is 6.54. The largest absolute Gasteiger partial charge is 0.478 e. The SMILES string of the molecule is CCCCCCCCCCCCCCCCO.O=C(O)c1ccccc1C(=O)O. The smallest absolute Gasteiger partial charge is 0.336 e. The second-order valence-corrected chi connectivity index (χ2v) is 7.48. The second kappa shape index (κ2) is 19.4. The van der Waals surface area contributed by atoms with Gasteiger partial charge in [0, 0.05) is 6.61 Å². The molecule has 0 radical (unpaired) electrons. The van der Waals surface area contributed by atoms with Gasteiger partial charge in [0.05, 0.1) is 11.1 Å². The van der Waals surface area contributed by atoms with Gasteiger partial charge in [-0.2, -0.15) is 0 Å². The minimum Gasteiger partial charge on any atom is -0.478 e. The number of benzene rings is 1. The molecule has 0 saturated carbocycles. The van der Waals surface area contributed by atoms with Gasteiger partial charge < -0.3 is 15.3 Å². The van der Waals surface area contributed by atoms with Crippen molar-refractivity contribution in [3.05, 3.63) is 35.4 Å². The number of unbranched alkanes of at least 4 members (excludes halogenated alkanes) is 13. The molecule has 0 spiro atoms. The Balaban J connectivity index is 0.000000571. The van der Waals surface area contributed by atoms with E-state index in [1.54, 1.807) is 0 Å². The van der Waals surface area contributed by atoms with Gasteiger partial charge in [-0.05, 0) is 18.6 Å². The van der Waals surface area contributed by atoms with E-state index in [1.807, 2.05) is 0 Å². The van der Waals surface area contributed by atoms with Crippen LogP contribution in [0.3, 0.4) is 0 Å². The van der Waals surface area contributed by atoms with Gasteiger partial charge in [0.25, 0.3) is 0 Å². The van der Waals surface area contributed by atoms with Crippen molar-refractivity contribution in [2.45, 2.75) is 96.8 Å². The van der Waals surface area contributed by atoms with Gasteiger partial charge in [0.15, 0.2) is 0 Å². The van der Waals surface area contributed by atoms with Crippen LogP contribution in [0.2, 0.25) is 0 Å². The Bertz CT molecular complexity index is 495. The fourth-order valence-corrected chi connectivity index (χ4v) is 3.16. The van der Waals surface area contributed by atoms with Crippen molar-refractivity contribution in [2.24, 2.45) is 0 Å². The molecule has 0 aliphatic carbocycles. The summed E-state index contributed by atoms with van der Waals surface area (Å²) in [6.45, 7) is 2.65. The van der Waals surface area contributed by atoms with Crippen LogP contribution in [-0.4, -0.2) is 33.9 Å². The minimum atomic E-state index is -1.23. The lowest BCUT2D eigenvalue weighted by Gasteiger charge is -2.02. The summed E-state index contributed by atoms with van der Waals surface area (Å²) >= 11 is 0. The summed E-state index contributed by atoms with van der Waals surface area (Å²) in [5.41, 5.74) is -0.380. The van der Waals surface area contributed by atoms with E-state index in [-0.39, 0.29) is 11.1 Å². The van der Waals surface area contributed by atoms with Crippen LogP contribution in [0.25, 0.3) is 0 Å². The van der Waals surface area contributed by atoms with Crippen LogP contribution in [0, 0.1) is 0 Å². The maximum absolute atomic E-state index is 10.5. The van der Waals surface area contributed by atoms with Crippen LogP contribution in [0.15, 0.2) is 24.3 Å². The predicted molar refractivity (Wildman–Crippen MR) is 118 cm³/mol. The first-order valence-electron chi connectivity index (χ1n) is 11.2. The molecule has 0 aromatic heterocycles. The third-order valence-electron chi connectivity index (χ3n) is 4.90. The topological polar surface area (TPSA) is 94.8 Å². The van der Waals surface area contributed by atoms with E-state index in [9.17, 15) is 9.59 Å². The number of hydrogen-bond donors (Lipinski definition) is 3. The number of hydrogen-bond acceptors (Lipinski definition) is 3. The fraction of sp³-hybridized carbons (Fsp3) is 0.667. The summed E-state index contributed by atoms with van der Waals surface area (Å²) in [4.78, 5) is 20.9. The highest BCUT2D eigenvalue weighted by Crippen LogP contribution is 2.12. The standard InChI is InChI=1S/C16H34O.C8H6O4/c1-2-3-4-5-6-7-8-9-10-11-12-13-14-15-16-17;9-7(10)5-3-1-2-4-6(5)8(11)12/h17H,2-16H2,1H3;1-4H,(H,9,10)(H,11,12). The summed E-state index contributed by atoms with van der Waals surface area (Å²) in [6, 6.07) is 5.48. The molecule has 5 nitrogen and oxygen atoms in total. The first-order chi connectivity index (χ1) is 14.0. The van der Waals surface area contributed by atoms with E-state index in [4.69, 9.17) is 15.3 Å². The van der Waals surface area contributed by atoms with Crippen molar-refractivity contribution in [1.29, 1.82) is 0 Å². The number of carboxylic acids is 2. The zero-order chi connectivity index (χ0) is 21.7. The Morgan fingerprint density at radius 3 is 1.21 bits per heavy atom. The first-order valence-corrected chi connectivity index (χ1v) is 11.2. The molecular weight excluding hydrogens is 368 g/mol. The summed E-state index contributed by atoms with van der Waals surface area (Å²) in [5.74, 6) is -2.46. The van der Waals surface area contributed by atoms with Gasteiger partial charge in [-0.25, -0.2) is 9.59 Å². The molecule has 0 bridgehead atoms.